The molecule has 0 spiro atoms. The van der Waals surface area contributed by atoms with Gasteiger partial charge in [0.05, 0.1) is 10.6 Å². The summed E-state index contributed by atoms with van der Waals surface area (Å²) in [7, 11) is -2.18. The summed E-state index contributed by atoms with van der Waals surface area (Å²) in [4.78, 5) is 0.923. The van der Waals surface area contributed by atoms with E-state index >= 15 is 0 Å². The lowest BCUT2D eigenvalue weighted by Crippen LogP contribution is -2.26. The number of hydrogen-bond donors (Lipinski definition) is 1. The van der Waals surface area contributed by atoms with Gasteiger partial charge in [0.25, 0.3) is 0 Å². The van der Waals surface area contributed by atoms with Gasteiger partial charge in [-0.1, -0.05) is 6.07 Å². The summed E-state index contributed by atoms with van der Waals surface area (Å²) < 4.78 is 38.8. The Morgan fingerprint density at radius 2 is 2.11 bits per heavy atom. The van der Waals surface area contributed by atoms with Crippen LogP contribution in [0.2, 0.25) is 0 Å². The van der Waals surface area contributed by atoms with Gasteiger partial charge in [0.15, 0.2) is 0 Å². The minimum atomic E-state index is -3.66. The van der Waals surface area contributed by atoms with Gasteiger partial charge in [-0.2, -0.15) is 4.31 Å². The molecule has 0 aliphatic heterocycles. The van der Waals surface area contributed by atoms with Crippen molar-refractivity contribution >= 4 is 27.0 Å². The number of nitrogens with two attached hydrogens (primary N) is 1. The minimum Gasteiger partial charge on any atom is -0.396 e. The fraction of sp³-hybridized carbons (Fsp3) is 0.167. The highest BCUT2D eigenvalue weighted by molar-refractivity contribution is 7.89. The smallest absolute Gasteiger partial charge is 0.243 e. The highest BCUT2D eigenvalue weighted by Crippen LogP contribution is 2.21. The monoisotopic (exact) mass is 300 g/mol. The van der Waals surface area contributed by atoms with Gasteiger partial charge in [-0.3, -0.25) is 0 Å². The maximum absolute atomic E-state index is 13.1. The molecule has 19 heavy (non-hydrogen) atoms. The molecular formula is C12H13FN2O2S2. The van der Waals surface area contributed by atoms with Crippen molar-refractivity contribution in [2.24, 2.45) is 0 Å². The molecule has 2 N–H and O–H groups in total. The Labute approximate surface area is 115 Å². The molecule has 0 saturated heterocycles. The van der Waals surface area contributed by atoms with Crippen LogP contribution in [0.3, 0.4) is 0 Å². The first-order valence-corrected chi connectivity index (χ1v) is 7.77. The second kappa shape index (κ2) is 5.28. The van der Waals surface area contributed by atoms with Gasteiger partial charge in [-0.25, -0.2) is 12.8 Å². The first-order valence-electron chi connectivity index (χ1n) is 5.45. The third-order valence-electron chi connectivity index (χ3n) is 2.63. The van der Waals surface area contributed by atoms with E-state index in [2.05, 4.69) is 0 Å². The highest BCUT2D eigenvalue weighted by atomic mass is 32.2. The van der Waals surface area contributed by atoms with Crippen LogP contribution >= 0.6 is 11.3 Å². The Morgan fingerprint density at radius 1 is 1.37 bits per heavy atom. The van der Waals surface area contributed by atoms with Crippen LogP contribution in [-0.4, -0.2) is 19.8 Å². The van der Waals surface area contributed by atoms with E-state index in [9.17, 15) is 12.8 Å². The van der Waals surface area contributed by atoms with E-state index in [1.165, 1.54) is 28.8 Å². The van der Waals surface area contributed by atoms with Crippen molar-refractivity contribution in [2.45, 2.75) is 11.4 Å². The average Bonchev–Trinajstić information content (AvgIpc) is 2.85. The summed E-state index contributed by atoms with van der Waals surface area (Å²) in [6, 6.07) is 7.12. The van der Waals surface area contributed by atoms with Crippen molar-refractivity contribution in [3.8, 4) is 0 Å². The molecule has 2 aromatic rings. The molecule has 1 heterocycles. The van der Waals surface area contributed by atoms with Gasteiger partial charge in [0.1, 0.15) is 5.82 Å². The minimum absolute atomic E-state index is 0.00884. The van der Waals surface area contributed by atoms with E-state index in [0.717, 1.165) is 17.0 Å². The third kappa shape index (κ3) is 2.94. The molecule has 1 aromatic carbocycles. The molecule has 0 radical (unpaired) electrons. The van der Waals surface area contributed by atoms with Crippen molar-refractivity contribution in [2.75, 3.05) is 12.8 Å². The number of nitrogen functional groups attached to an aromatic ring is 1. The number of hydrogen-bond acceptors (Lipinski definition) is 4. The summed E-state index contributed by atoms with van der Waals surface area (Å²) in [5, 5.41) is 1.88. The zero-order valence-corrected chi connectivity index (χ0v) is 11.8. The third-order valence-corrected chi connectivity index (χ3v) is 5.29. The van der Waals surface area contributed by atoms with Crippen LogP contribution in [0.15, 0.2) is 40.6 Å². The molecule has 2 rings (SSSR count). The van der Waals surface area contributed by atoms with Crippen LogP contribution in [0.5, 0.6) is 0 Å². The topological polar surface area (TPSA) is 63.4 Å². The number of thiophene rings is 1. The van der Waals surface area contributed by atoms with Crippen LogP contribution in [-0.2, 0) is 16.6 Å². The van der Waals surface area contributed by atoms with E-state index in [4.69, 9.17) is 5.73 Å². The molecule has 0 aliphatic rings. The molecule has 102 valence electrons. The summed E-state index contributed by atoms with van der Waals surface area (Å²) in [6.45, 7) is 0.275. The average molecular weight is 300 g/mol. The summed E-state index contributed by atoms with van der Waals surface area (Å²) >= 11 is 1.48. The van der Waals surface area contributed by atoms with Gasteiger partial charge in [0.2, 0.25) is 10.0 Å². The van der Waals surface area contributed by atoms with E-state index in [1.807, 2.05) is 17.5 Å². The fourth-order valence-corrected chi connectivity index (χ4v) is 3.59. The maximum atomic E-state index is 13.1. The molecule has 1 aromatic heterocycles. The lowest BCUT2D eigenvalue weighted by atomic mass is 10.3. The summed E-state index contributed by atoms with van der Waals surface area (Å²) in [5.41, 5.74) is 5.22. The van der Waals surface area contributed by atoms with E-state index in [0.29, 0.717) is 0 Å². The van der Waals surface area contributed by atoms with Crippen molar-refractivity contribution < 1.29 is 12.8 Å². The lowest BCUT2D eigenvalue weighted by molar-refractivity contribution is 0.469. The summed E-state index contributed by atoms with van der Waals surface area (Å²) in [6.07, 6.45) is 0. The van der Waals surface area contributed by atoms with Crippen LogP contribution in [0.25, 0.3) is 0 Å². The molecule has 0 bridgehead atoms. The second-order valence-electron chi connectivity index (χ2n) is 4.02. The predicted octanol–water partition coefficient (Wildman–Crippen LogP) is 2.29. The predicted molar refractivity (Wildman–Crippen MR) is 73.8 cm³/mol. The van der Waals surface area contributed by atoms with Gasteiger partial charge >= 0.3 is 0 Å². The lowest BCUT2D eigenvalue weighted by Gasteiger charge is -2.16. The molecule has 0 saturated carbocycles. The van der Waals surface area contributed by atoms with Crippen molar-refractivity contribution in [3.63, 3.8) is 0 Å². The van der Waals surface area contributed by atoms with Crippen LogP contribution < -0.4 is 5.73 Å². The standard InChI is InChI=1S/C12H13FN2O2S2/c1-15(8-9-3-2-6-18-9)19(16,17)10-4-5-11(13)12(14)7-10/h2-7H,8,14H2,1H3. The van der Waals surface area contributed by atoms with Crippen LogP contribution in [0, 0.1) is 5.82 Å². The zero-order valence-electron chi connectivity index (χ0n) is 10.2. The highest BCUT2D eigenvalue weighted by Gasteiger charge is 2.22. The molecule has 0 unspecified atom stereocenters. The molecule has 4 nitrogen and oxygen atoms in total. The molecule has 7 heteroatoms. The van der Waals surface area contributed by atoms with E-state index in [-0.39, 0.29) is 17.1 Å². The second-order valence-corrected chi connectivity index (χ2v) is 7.10. The fourth-order valence-electron chi connectivity index (χ4n) is 1.57. The number of benzene rings is 1. The first-order chi connectivity index (χ1) is 8.91. The normalized spacial score (nSPS) is 11.9. The number of anilines is 1. The van der Waals surface area contributed by atoms with Crippen LogP contribution in [0.1, 0.15) is 4.88 Å². The van der Waals surface area contributed by atoms with E-state index in [1.54, 1.807) is 0 Å². The maximum Gasteiger partial charge on any atom is 0.243 e. The Balaban J connectivity index is 2.28. The first kappa shape index (κ1) is 14.0. The molecule has 0 amide bonds. The van der Waals surface area contributed by atoms with Gasteiger partial charge in [-0.15, -0.1) is 11.3 Å². The van der Waals surface area contributed by atoms with Gasteiger partial charge in [0, 0.05) is 18.5 Å². The van der Waals surface area contributed by atoms with Crippen molar-refractivity contribution in [1.82, 2.24) is 4.31 Å². The van der Waals surface area contributed by atoms with Gasteiger partial charge in [-0.05, 0) is 29.6 Å². The van der Waals surface area contributed by atoms with Crippen molar-refractivity contribution in [3.05, 3.63) is 46.4 Å². The number of rotatable bonds is 4. The summed E-state index contributed by atoms with van der Waals surface area (Å²) in [5.74, 6) is -0.625. The SMILES string of the molecule is CN(Cc1cccs1)S(=O)(=O)c1ccc(F)c(N)c1. The number of halogens is 1. The molecule has 0 atom stereocenters. The van der Waals surface area contributed by atoms with Crippen LogP contribution in [0.4, 0.5) is 10.1 Å². The van der Waals surface area contributed by atoms with E-state index < -0.39 is 15.8 Å². The van der Waals surface area contributed by atoms with Crippen molar-refractivity contribution in [1.29, 1.82) is 0 Å². The Hall–Kier alpha value is -1.44. The van der Waals surface area contributed by atoms with Gasteiger partial charge < -0.3 is 5.73 Å². The molecule has 0 aliphatic carbocycles. The zero-order chi connectivity index (χ0) is 14.0. The Kier molecular flexibility index (Phi) is 3.88. The number of sulfonamides is 1. The molecular weight excluding hydrogens is 287 g/mol. The Morgan fingerprint density at radius 3 is 2.68 bits per heavy atom. The molecule has 0 fully saturated rings. The largest absolute Gasteiger partial charge is 0.396 e. The Bertz CT molecular complexity index is 669. The quantitative estimate of drug-likeness (QED) is 0.881. The number of nitrogens with zero attached hydrogens (tertiary/aromatic N) is 1.